The number of rotatable bonds is 5. The number of nitrogens with zero attached hydrogens (tertiary/aromatic N) is 3. The second-order valence-corrected chi connectivity index (χ2v) is 12.4. The number of pyridine rings is 1. The number of allylic oxidation sites excluding steroid dienone is 1. The van der Waals surface area contributed by atoms with Crippen LogP contribution >= 0.6 is 0 Å². The van der Waals surface area contributed by atoms with Crippen molar-refractivity contribution in [1.29, 1.82) is 0 Å². The third kappa shape index (κ3) is 4.00. The molecule has 0 unspecified atom stereocenters. The van der Waals surface area contributed by atoms with Gasteiger partial charge < -0.3 is 0 Å². The molecule has 0 amide bonds. The minimum Gasteiger partial charge on any atom is -0.291 e. The number of fused-ring (bicyclic) bond motifs is 2. The molecule has 8 heteroatoms. The van der Waals surface area contributed by atoms with E-state index in [0.29, 0.717) is 30.6 Å². The van der Waals surface area contributed by atoms with E-state index in [0.717, 1.165) is 22.4 Å². The molecule has 2 aliphatic carbocycles. The standard InChI is InChI=1S/C30H26FN3O3S/c1-20-5-12-25(13-6-20)38(36,37)26-14-7-22-16-28-21(19-33-34(28)24-10-8-23(31)9-11-24)17-30(22,18-26)29(35)27-4-2-3-15-32-27/h2-6,8-13,15-16,19,26H,7,14,17-18H2,1H3/t26-,30-/m0/s1. The van der Waals surface area contributed by atoms with Crippen LogP contribution in [0.5, 0.6) is 0 Å². The maximum atomic E-state index is 14.2. The highest BCUT2D eigenvalue weighted by molar-refractivity contribution is 7.92. The lowest BCUT2D eigenvalue weighted by atomic mass is 9.61. The first-order chi connectivity index (χ1) is 18.3. The van der Waals surface area contributed by atoms with Gasteiger partial charge in [-0.3, -0.25) is 9.78 Å². The summed E-state index contributed by atoms with van der Waals surface area (Å²) in [6.07, 6.45) is 6.65. The molecule has 0 saturated heterocycles. The van der Waals surface area contributed by atoms with Gasteiger partial charge in [0, 0.05) is 6.20 Å². The van der Waals surface area contributed by atoms with E-state index in [2.05, 4.69) is 10.1 Å². The Balaban J connectivity index is 1.45. The summed E-state index contributed by atoms with van der Waals surface area (Å²) >= 11 is 0. The van der Waals surface area contributed by atoms with Crippen molar-refractivity contribution in [2.75, 3.05) is 0 Å². The quantitative estimate of drug-likeness (QED) is 0.318. The number of ketones is 1. The van der Waals surface area contributed by atoms with Crippen molar-refractivity contribution in [1.82, 2.24) is 14.8 Å². The van der Waals surface area contributed by atoms with Gasteiger partial charge in [-0.15, -0.1) is 0 Å². The maximum Gasteiger partial charge on any atom is 0.191 e. The number of benzene rings is 2. The van der Waals surface area contributed by atoms with Gasteiger partial charge in [-0.25, -0.2) is 17.5 Å². The van der Waals surface area contributed by atoms with Crippen LogP contribution in [0.15, 0.2) is 89.6 Å². The fourth-order valence-electron chi connectivity index (χ4n) is 5.78. The molecule has 192 valence electrons. The molecule has 2 heterocycles. The Morgan fingerprint density at radius 3 is 2.53 bits per heavy atom. The van der Waals surface area contributed by atoms with Crippen LogP contribution in [0.2, 0.25) is 0 Å². The SMILES string of the molecule is Cc1ccc(S(=O)(=O)[C@H]2CCC3=Cc4c(cnn4-c4ccc(F)cc4)C[C@]3(C(=O)c3ccccn3)C2)cc1. The van der Waals surface area contributed by atoms with Crippen LogP contribution < -0.4 is 0 Å². The Morgan fingerprint density at radius 2 is 1.82 bits per heavy atom. The van der Waals surface area contributed by atoms with Crippen LogP contribution in [-0.4, -0.2) is 34.2 Å². The van der Waals surface area contributed by atoms with Crippen LogP contribution in [0.4, 0.5) is 4.39 Å². The van der Waals surface area contributed by atoms with E-state index in [1.165, 1.54) is 12.1 Å². The average Bonchev–Trinajstić information content (AvgIpc) is 3.34. The molecule has 0 N–H and O–H groups in total. The molecule has 1 fully saturated rings. The summed E-state index contributed by atoms with van der Waals surface area (Å²) in [5.41, 5.74) is 3.53. The molecule has 2 atom stereocenters. The first-order valence-corrected chi connectivity index (χ1v) is 14.1. The zero-order valence-corrected chi connectivity index (χ0v) is 21.7. The minimum atomic E-state index is -3.66. The molecule has 2 aromatic carbocycles. The third-order valence-corrected chi connectivity index (χ3v) is 10.0. The Labute approximate surface area is 220 Å². The fourth-order valence-corrected chi connectivity index (χ4v) is 7.61. The van der Waals surface area contributed by atoms with E-state index in [-0.39, 0.29) is 22.9 Å². The molecule has 38 heavy (non-hydrogen) atoms. The second-order valence-electron chi connectivity index (χ2n) is 10.1. The normalized spacial score (nSPS) is 20.8. The van der Waals surface area contributed by atoms with E-state index in [4.69, 9.17) is 0 Å². The number of aryl methyl sites for hydroxylation is 1. The molecule has 4 aromatic rings. The van der Waals surface area contributed by atoms with Crippen molar-refractivity contribution in [3.63, 3.8) is 0 Å². The van der Waals surface area contributed by atoms with E-state index in [1.807, 2.05) is 13.0 Å². The van der Waals surface area contributed by atoms with Crippen LogP contribution in [0.25, 0.3) is 11.8 Å². The van der Waals surface area contributed by atoms with E-state index < -0.39 is 20.5 Å². The molecule has 0 radical (unpaired) electrons. The number of Topliss-reactive ketones (excluding diaryl/α,β-unsaturated/α-hetero) is 1. The van der Waals surface area contributed by atoms with Crippen molar-refractivity contribution in [3.8, 4) is 5.69 Å². The first kappa shape index (κ1) is 24.4. The van der Waals surface area contributed by atoms with Crippen molar-refractivity contribution < 1.29 is 17.6 Å². The van der Waals surface area contributed by atoms with E-state index in [1.54, 1.807) is 71.7 Å². The van der Waals surface area contributed by atoms with Gasteiger partial charge in [0.2, 0.25) is 0 Å². The van der Waals surface area contributed by atoms with Crippen molar-refractivity contribution in [2.24, 2.45) is 5.41 Å². The largest absolute Gasteiger partial charge is 0.291 e. The number of hydrogen-bond donors (Lipinski definition) is 0. The Hall–Kier alpha value is -3.91. The van der Waals surface area contributed by atoms with Gasteiger partial charge in [-0.1, -0.05) is 29.3 Å². The zero-order chi connectivity index (χ0) is 26.5. The molecule has 6 rings (SSSR count). The smallest absolute Gasteiger partial charge is 0.191 e. The second kappa shape index (κ2) is 9.13. The van der Waals surface area contributed by atoms with Gasteiger partial charge in [0.1, 0.15) is 11.5 Å². The lowest BCUT2D eigenvalue weighted by Gasteiger charge is -2.43. The van der Waals surface area contributed by atoms with Gasteiger partial charge in [-0.2, -0.15) is 5.10 Å². The van der Waals surface area contributed by atoms with Crippen molar-refractivity contribution >= 4 is 21.7 Å². The van der Waals surface area contributed by atoms with Gasteiger partial charge >= 0.3 is 0 Å². The summed E-state index contributed by atoms with van der Waals surface area (Å²) in [6.45, 7) is 1.92. The molecule has 2 aromatic heterocycles. The highest BCUT2D eigenvalue weighted by Gasteiger charge is 2.52. The highest BCUT2D eigenvalue weighted by atomic mass is 32.2. The van der Waals surface area contributed by atoms with E-state index in [9.17, 15) is 17.6 Å². The topological polar surface area (TPSA) is 81.9 Å². The van der Waals surface area contributed by atoms with Crippen LogP contribution in [-0.2, 0) is 16.3 Å². The molecule has 2 aliphatic rings. The van der Waals surface area contributed by atoms with Crippen LogP contribution in [0.1, 0.15) is 46.6 Å². The first-order valence-electron chi connectivity index (χ1n) is 12.6. The summed E-state index contributed by atoms with van der Waals surface area (Å²) in [7, 11) is -3.66. The van der Waals surface area contributed by atoms with Gasteiger partial charge in [0.15, 0.2) is 15.6 Å². The van der Waals surface area contributed by atoms with Crippen molar-refractivity contribution in [3.05, 3.63) is 113 Å². The monoisotopic (exact) mass is 527 g/mol. The Kier molecular flexibility index (Phi) is 5.87. The summed E-state index contributed by atoms with van der Waals surface area (Å²) in [5, 5.41) is 3.84. The van der Waals surface area contributed by atoms with Gasteiger partial charge in [0.25, 0.3) is 0 Å². The summed E-state index contributed by atoms with van der Waals surface area (Å²) in [4.78, 5) is 18.8. The number of carbonyl (C=O) groups is 1. The predicted octanol–water partition coefficient (Wildman–Crippen LogP) is 5.55. The lowest BCUT2D eigenvalue weighted by molar-refractivity contribution is 0.0796. The predicted molar refractivity (Wildman–Crippen MR) is 142 cm³/mol. The summed E-state index contributed by atoms with van der Waals surface area (Å²) in [5.74, 6) is -0.505. The molecule has 0 bridgehead atoms. The number of sulfone groups is 1. The molecule has 1 saturated carbocycles. The average molecular weight is 528 g/mol. The summed E-state index contributed by atoms with van der Waals surface area (Å²) < 4.78 is 42.8. The lowest BCUT2D eigenvalue weighted by Crippen LogP contribution is -2.45. The van der Waals surface area contributed by atoms with Crippen LogP contribution in [0.3, 0.4) is 0 Å². The summed E-state index contributed by atoms with van der Waals surface area (Å²) in [6, 6.07) is 18.2. The van der Waals surface area contributed by atoms with Gasteiger partial charge in [-0.05, 0) is 92.8 Å². The Bertz CT molecular complexity index is 1660. The van der Waals surface area contributed by atoms with E-state index >= 15 is 0 Å². The third-order valence-electron chi connectivity index (χ3n) is 7.81. The van der Waals surface area contributed by atoms with Crippen LogP contribution in [0, 0.1) is 18.2 Å². The minimum absolute atomic E-state index is 0.172. The molecular formula is C30H26FN3O3S. The number of halogens is 1. The number of hydrogen-bond acceptors (Lipinski definition) is 5. The molecular weight excluding hydrogens is 501 g/mol. The maximum absolute atomic E-state index is 14.2. The number of aromatic nitrogens is 3. The number of carbonyl (C=O) groups excluding carboxylic acids is 1. The Morgan fingerprint density at radius 1 is 1.05 bits per heavy atom. The van der Waals surface area contributed by atoms with Gasteiger partial charge in [0.05, 0.1) is 33.1 Å². The fraction of sp³-hybridized carbons (Fsp3) is 0.233. The highest BCUT2D eigenvalue weighted by Crippen LogP contribution is 2.51. The van der Waals surface area contributed by atoms with Crippen molar-refractivity contribution in [2.45, 2.75) is 42.8 Å². The molecule has 6 nitrogen and oxygen atoms in total. The molecule has 0 aliphatic heterocycles. The molecule has 0 spiro atoms. The zero-order valence-electron chi connectivity index (χ0n) is 20.8.